The Labute approximate surface area is 163 Å². The van der Waals surface area contributed by atoms with Gasteiger partial charge in [0.05, 0.1) is 5.70 Å². The zero-order chi connectivity index (χ0) is 19.7. The molecule has 0 atom stereocenters. The minimum absolute atomic E-state index is 0.191. The fourth-order valence-electron chi connectivity index (χ4n) is 3.84. The minimum Gasteiger partial charge on any atom is -0.366 e. The second kappa shape index (κ2) is 7.35. The van der Waals surface area contributed by atoms with Crippen molar-refractivity contribution in [2.24, 2.45) is 16.0 Å². The first-order valence-electron chi connectivity index (χ1n) is 9.44. The fourth-order valence-corrected chi connectivity index (χ4v) is 3.84. The molecule has 1 aliphatic carbocycles. The van der Waals surface area contributed by atoms with E-state index >= 15 is 0 Å². The number of amides is 2. The van der Waals surface area contributed by atoms with E-state index in [4.69, 9.17) is 5.73 Å². The van der Waals surface area contributed by atoms with Gasteiger partial charge in [0, 0.05) is 11.1 Å². The molecule has 0 unspecified atom stereocenters. The third kappa shape index (κ3) is 3.31. The Kier molecular flexibility index (Phi) is 4.74. The lowest BCUT2D eigenvalue weighted by Gasteiger charge is -2.22. The largest absolute Gasteiger partial charge is 0.366 e. The summed E-state index contributed by atoms with van der Waals surface area (Å²) < 4.78 is 0. The van der Waals surface area contributed by atoms with Gasteiger partial charge in [0.2, 0.25) is 5.91 Å². The number of benzene rings is 2. The highest BCUT2D eigenvalue weighted by atomic mass is 16.2. The van der Waals surface area contributed by atoms with Gasteiger partial charge >= 0.3 is 0 Å². The van der Waals surface area contributed by atoms with E-state index in [1.807, 2.05) is 37.3 Å². The van der Waals surface area contributed by atoms with Gasteiger partial charge in [0.1, 0.15) is 0 Å². The molecule has 2 amide bonds. The summed E-state index contributed by atoms with van der Waals surface area (Å²) in [5.41, 5.74) is 12.5. The molecule has 1 heterocycles. The summed E-state index contributed by atoms with van der Waals surface area (Å²) in [5.74, 6) is -0.636. The summed E-state index contributed by atoms with van der Waals surface area (Å²) in [7, 11) is 0. The molecule has 0 spiro atoms. The summed E-state index contributed by atoms with van der Waals surface area (Å²) in [5, 5.41) is 8.12. The van der Waals surface area contributed by atoms with Crippen LogP contribution in [0.2, 0.25) is 0 Å². The highest BCUT2D eigenvalue weighted by Gasteiger charge is 2.26. The first kappa shape index (κ1) is 18.0. The van der Waals surface area contributed by atoms with E-state index in [9.17, 15) is 9.59 Å². The van der Waals surface area contributed by atoms with Crippen LogP contribution >= 0.6 is 0 Å². The topological polar surface area (TPSA) is 84.9 Å². The molecule has 0 fully saturated rings. The molecule has 2 aromatic rings. The third-order valence-corrected chi connectivity index (χ3v) is 5.38. The number of nitrogens with zero attached hydrogens (tertiary/aromatic N) is 2. The number of primary amides is 1. The molecular formula is C23H21N3O2. The van der Waals surface area contributed by atoms with Gasteiger partial charge < -0.3 is 5.73 Å². The first-order valence-corrected chi connectivity index (χ1v) is 9.44. The van der Waals surface area contributed by atoms with Gasteiger partial charge in [-0.3, -0.25) is 9.59 Å². The van der Waals surface area contributed by atoms with Crippen molar-refractivity contribution < 1.29 is 9.59 Å². The monoisotopic (exact) mass is 371 g/mol. The maximum atomic E-state index is 12.1. The lowest BCUT2D eigenvalue weighted by atomic mass is 9.86. The maximum absolute atomic E-state index is 12.1. The average Bonchev–Trinajstić information content (AvgIpc) is 2.74. The quantitative estimate of drug-likeness (QED) is 0.819. The molecule has 5 nitrogen and oxygen atoms in total. The van der Waals surface area contributed by atoms with Crippen molar-refractivity contribution in [1.82, 2.24) is 0 Å². The molecule has 2 N–H and O–H groups in total. The van der Waals surface area contributed by atoms with Crippen molar-refractivity contribution in [2.75, 3.05) is 0 Å². The Bertz CT molecular complexity index is 1080. The number of rotatable bonds is 3. The summed E-state index contributed by atoms with van der Waals surface area (Å²) in [6, 6.07) is 15.4. The zero-order valence-electron chi connectivity index (χ0n) is 15.7. The summed E-state index contributed by atoms with van der Waals surface area (Å²) in [4.78, 5) is 23.6. The maximum Gasteiger partial charge on any atom is 0.291 e. The van der Waals surface area contributed by atoms with Crippen molar-refractivity contribution in [3.63, 3.8) is 0 Å². The number of carbonyl (C=O) groups is 2. The Morgan fingerprint density at radius 1 is 0.893 bits per heavy atom. The standard InChI is InChI=1S/C23H21N3O2/c1-14(21-19-10-2-3-11-20(19)23(28)26-25-21)15-6-4-7-16(12-15)17-8-5-9-18(13-17)22(24)27/h4-9,12-13H,2-3,10-11H2,1H3,(H2,24,27)/b21-14-. The van der Waals surface area contributed by atoms with Crippen LogP contribution in [0.3, 0.4) is 0 Å². The smallest absolute Gasteiger partial charge is 0.291 e. The van der Waals surface area contributed by atoms with E-state index in [2.05, 4.69) is 16.3 Å². The Morgan fingerprint density at radius 2 is 1.50 bits per heavy atom. The van der Waals surface area contributed by atoms with Crippen LogP contribution in [0, 0.1) is 0 Å². The Balaban J connectivity index is 1.77. The zero-order valence-corrected chi connectivity index (χ0v) is 15.7. The molecule has 0 bridgehead atoms. The van der Waals surface area contributed by atoms with Crippen LogP contribution in [0.15, 0.2) is 75.6 Å². The number of azo groups is 1. The van der Waals surface area contributed by atoms with Crippen LogP contribution < -0.4 is 5.73 Å². The van der Waals surface area contributed by atoms with E-state index in [1.165, 1.54) is 0 Å². The molecule has 2 aliphatic rings. The van der Waals surface area contributed by atoms with E-state index in [0.717, 1.165) is 64.8 Å². The average molecular weight is 371 g/mol. The Hall–Kier alpha value is -3.34. The summed E-state index contributed by atoms with van der Waals surface area (Å²) in [6.07, 6.45) is 3.74. The number of hydrogen-bond donors (Lipinski definition) is 1. The van der Waals surface area contributed by atoms with Gasteiger partial charge in [0.15, 0.2) is 0 Å². The van der Waals surface area contributed by atoms with Crippen LogP contribution in [0.25, 0.3) is 16.7 Å². The SMILES string of the molecule is C/C(=C1/N=NC(=O)C2=C1CCCC2)c1cccc(-c2cccc(C(N)=O)c2)c1. The van der Waals surface area contributed by atoms with Crippen LogP contribution in [-0.4, -0.2) is 11.8 Å². The lowest BCUT2D eigenvalue weighted by molar-refractivity contribution is -0.115. The molecule has 0 radical (unpaired) electrons. The van der Waals surface area contributed by atoms with Crippen molar-refractivity contribution in [3.8, 4) is 11.1 Å². The minimum atomic E-state index is -0.444. The molecule has 140 valence electrons. The molecule has 5 heteroatoms. The molecule has 0 saturated carbocycles. The molecule has 2 aromatic carbocycles. The Morgan fingerprint density at radius 3 is 2.18 bits per heavy atom. The molecular weight excluding hydrogens is 350 g/mol. The molecule has 28 heavy (non-hydrogen) atoms. The van der Waals surface area contributed by atoms with Gasteiger partial charge in [-0.05, 0) is 78.6 Å². The van der Waals surface area contributed by atoms with Gasteiger partial charge in [-0.15, -0.1) is 10.2 Å². The second-order valence-electron chi connectivity index (χ2n) is 7.17. The molecule has 0 saturated heterocycles. The summed E-state index contributed by atoms with van der Waals surface area (Å²) >= 11 is 0. The van der Waals surface area contributed by atoms with E-state index < -0.39 is 5.91 Å². The van der Waals surface area contributed by atoms with Gasteiger partial charge in [-0.25, -0.2) is 0 Å². The molecule has 1 aliphatic heterocycles. The van der Waals surface area contributed by atoms with E-state index in [-0.39, 0.29) is 5.91 Å². The van der Waals surface area contributed by atoms with Crippen molar-refractivity contribution in [2.45, 2.75) is 32.6 Å². The fraction of sp³-hybridized carbons (Fsp3) is 0.217. The van der Waals surface area contributed by atoms with E-state index in [0.29, 0.717) is 5.56 Å². The predicted molar refractivity (Wildman–Crippen MR) is 108 cm³/mol. The van der Waals surface area contributed by atoms with Crippen molar-refractivity contribution in [3.05, 3.63) is 76.5 Å². The van der Waals surface area contributed by atoms with Gasteiger partial charge in [0.25, 0.3) is 5.91 Å². The predicted octanol–water partition coefficient (Wildman–Crippen LogP) is 5.05. The molecule has 4 rings (SSSR count). The third-order valence-electron chi connectivity index (χ3n) is 5.38. The first-order chi connectivity index (χ1) is 13.5. The van der Waals surface area contributed by atoms with Crippen LogP contribution in [-0.2, 0) is 4.79 Å². The second-order valence-corrected chi connectivity index (χ2v) is 7.17. The van der Waals surface area contributed by atoms with Gasteiger partial charge in [-0.2, -0.15) is 0 Å². The van der Waals surface area contributed by atoms with Crippen molar-refractivity contribution in [1.29, 1.82) is 0 Å². The summed E-state index contributed by atoms with van der Waals surface area (Å²) in [6.45, 7) is 2.02. The van der Waals surface area contributed by atoms with Crippen LogP contribution in [0.1, 0.15) is 48.5 Å². The number of allylic oxidation sites excluding steroid dienone is 2. The number of nitrogens with two attached hydrogens (primary N) is 1. The van der Waals surface area contributed by atoms with E-state index in [1.54, 1.807) is 12.1 Å². The number of carbonyl (C=O) groups excluding carboxylic acids is 2. The van der Waals surface area contributed by atoms with Crippen LogP contribution in [0.4, 0.5) is 0 Å². The van der Waals surface area contributed by atoms with Crippen LogP contribution in [0.5, 0.6) is 0 Å². The molecule has 0 aromatic heterocycles. The normalized spacial score (nSPS) is 18.1. The highest BCUT2D eigenvalue weighted by molar-refractivity contribution is 5.97. The lowest BCUT2D eigenvalue weighted by Crippen LogP contribution is -2.13. The highest BCUT2D eigenvalue weighted by Crippen LogP contribution is 2.38. The van der Waals surface area contributed by atoms with Gasteiger partial charge in [-0.1, -0.05) is 30.3 Å². The van der Waals surface area contributed by atoms with Crippen molar-refractivity contribution >= 4 is 17.4 Å². The number of hydrogen-bond acceptors (Lipinski definition) is 3.